The quantitative estimate of drug-likeness (QED) is 0.757. The molecular weight excluding hydrogens is 184 g/mol. The first-order valence-corrected chi connectivity index (χ1v) is 4.86. The van der Waals surface area contributed by atoms with Gasteiger partial charge in [-0.1, -0.05) is 11.6 Å². The summed E-state index contributed by atoms with van der Waals surface area (Å²) in [6.45, 7) is 6.09. The second-order valence-electron chi connectivity index (χ2n) is 2.88. The Kier molecular flexibility index (Phi) is 3.43. The van der Waals surface area contributed by atoms with Crippen LogP contribution >= 0.6 is 11.6 Å². The number of halogens is 1. The van der Waals surface area contributed by atoms with Crippen LogP contribution in [0.25, 0.3) is 0 Å². The van der Waals surface area contributed by atoms with Gasteiger partial charge in [-0.15, -0.1) is 0 Å². The van der Waals surface area contributed by atoms with Crippen LogP contribution in [0.2, 0.25) is 5.02 Å². The van der Waals surface area contributed by atoms with E-state index in [4.69, 9.17) is 17.3 Å². The van der Waals surface area contributed by atoms with Crippen LogP contribution in [-0.4, -0.2) is 13.1 Å². The normalized spacial score (nSPS) is 10.1. The summed E-state index contributed by atoms with van der Waals surface area (Å²) in [6, 6.07) is 5.56. The van der Waals surface area contributed by atoms with Gasteiger partial charge < -0.3 is 10.6 Å². The van der Waals surface area contributed by atoms with Crippen LogP contribution in [0.5, 0.6) is 0 Å². The molecular formula is C10H15ClN2. The second-order valence-corrected chi connectivity index (χ2v) is 3.29. The third-order valence-corrected chi connectivity index (χ3v) is 2.39. The SMILES string of the molecule is CCN(CC)c1cc(N)ccc1Cl. The van der Waals surface area contributed by atoms with Gasteiger partial charge in [0.2, 0.25) is 0 Å². The van der Waals surface area contributed by atoms with Gasteiger partial charge in [-0.3, -0.25) is 0 Å². The Morgan fingerprint density at radius 1 is 1.31 bits per heavy atom. The lowest BCUT2D eigenvalue weighted by atomic mass is 10.2. The molecule has 1 aromatic rings. The van der Waals surface area contributed by atoms with Crippen molar-refractivity contribution in [1.82, 2.24) is 0 Å². The molecule has 1 rings (SSSR count). The fourth-order valence-corrected chi connectivity index (χ4v) is 1.57. The Balaban J connectivity index is 3.03. The average molecular weight is 199 g/mol. The highest BCUT2D eigenvalue weighted by Gasteiger charge is 2.06. The second kappa shape index (κ2) is 4.38. The average Bonchev–Trinajstić information content (AvgIpc) is 2.13. The third kappa shape index (κ3) is 2.28. The van der Waals surface area contributed by atoms with Crippen molar-refractivity contribution in [3.63, 3.8) is 0 Å². The molecule has 0 saturated carbocycles. The summed E-state index contributed by atoms with van der Waals surface area (Å²) in [6.07, 6.45) is 0. The van der Waals surface area contributed by atoms with E-state index in [2.05, 4.69) is 18.7 Å². The first-order chi connectivity index (χ1) is 6.19. The molecule has 0 saturated heterocycles. The van der Waals surface area contributed by atoms with Crippen molar-refractivity contribution < 1.29 is 0 Å². The van der Waals surface area contributed by atoms with Gasteiger partial charge in [0, 0.05) is 18.8 Å². The van der Waals surface area contributed by atoms with Crippen molar-refractivity contribution in [2.45, 2.75) is 13.8 Å². The van der Waals surface area contributed by atoms with Crippen molar-refractivity contribution in [2.24, 2.45) is 0 Å². The maximum absolute atomic E-state index is 6.05. The van der Waals surface area contributed by atoms with Gasteiger partial charge in [0.15, 0.2) is 0 Å². The number of hydrogen-bond acceptors (Lipinski definition) is 2. The summed E-state index contributed by atoms with van der Waals surface area (Å²) in [7, 11) is 0. The number of anilines is 2. The van der Waals surface area contributed by atoms with E-state index in [1.807, 2.05) is 18.2 Å². The summed E-state index contributed by atoms with van der Waals surface area (Å²) in [5.74, 6) is 0. The zero-order chi connectivity index (χ0) is 9.84. The van der Waals surface area contributed by atoms with Gasteiger partial charge >= 0.3 is 0 Å². The van der Waals surface area contributed by atoms with Crippen molar-refractivity contribution >= 4 is 23.0 Å². The monoisotopic (exact) mass is 198 g/mol. The van der Waals surface area contributed by atoms with Crippen LogP contribution in [0.1, 0.15) is 13.8 Å². The zero-order valence-electron chi connectivity index (χ0n) is 8.05. The molecule has 0 bridgehead atoms. The number of benzene rings is 1. The number of rotatable bonds is 3. The van der Waals surface area contributed by atoms with E-state index in [0.29, 0.717) is 0 Å². The molecule has 0 spiro atoms. The molecule has 0 aromatic heterocycles. The molecule has 2 nitrogen and oxygen atoms in total. The standard InChI is InChI=1S/C10H15ClN2/c1-3-13(4-2)10-7-8(12)5-6-9(10)11/h5-7H,3-4,12H2,1-2H3. The van der Waals surface area contributed by atoms with Gasteiger partial charge in [-0.05, 0) is 32.0 Å². The van der Waals surface area contributed by atoms with Gasteiger partial charge in [0.25, 0.3) is 0 Å². The molecule has 0 aliphatic carbocycles. The fourth-order valence-electron chi connectivity index (χ4n) is 1.34. The molecule has 0 unspecified atom stereocenters. The van der Waals surface area contributed by atoms with Crippen LogP contribution in [0.15, 0.2) is 18.2 Å². The van der Waals surface area contributed by atoms with Crippen LogP contribution in [0, 0.1) is 0 Å². The number of nitrogens with two attached hydrogens (primary N) is 1. The molecule has 0 fully saturated rings. The fraction of sp³-hybridized carbons (Fsp3) is 0.400. The largest absolute Gasteiger partial charge is 0.399 e. The molecule has 0 atom stereocenters. The van der Waals surface area contributed by atoms with E-state index in [0.717, 1.165) is 29.5 Å². The number of nitrogen functional groups attached to an aromatic ring is 1. The molecule has 0 aliphatic rings. The molecule has 2 N–H and O–H groups in total. The molecule has 1 aromatic carbocycles. The Morgan fingerprint density at radius 2 is 1.92 bits per heavy atom. The first kappa shape index (κ1) is 10.2. The Bertz CT molecular complexity index is 282. The van der Waals surface area contributed by atoms with Crippen LogP contribution in [0.3, 0.4) is 0 Å². The molecule has 0 amide bonds. The van der Waals surface area contributed by atoms with Crippen molar-refractivity contribution in [1.29, 1.82) is 0 Å². The summed E-state index contributed by atoms with van der Waals surface area (Å²) in [5, 5.41) is 0.762. The Labute approximate surface area is 84.3 Å². The van der Waals surface area contributed by atoms with Crippen molar-refractivity contribution in [3.05, 3.63) is 23.2 Å². The summed E-state index contributed by atoms with van der Waals surface area (Å²) >= 11 is 6.05. The molecule has 3 heteroatoms. The smallest absolute Gasteiger partial charge is 0.0641 e. The van der Waals surface area contributed by atoms with Crippen molar-refractivity contribution in [3.8, 4) is 0 Å². The summed E-state index contributed by atoms with van der Waals surface area (Å²) < 4.78 is 0. The number of hydrogen-bond donors (Lipinski definition) is 1. The topological polar surface area (TPSA) is 29.3 Å². The van der Waals surface area contributed by atoms with Gasteiger partial charge in [-0.25, -0.2) is 0 Å². The van der Waals surface area contributed by atoms with Gasteiger partial charge in [-0.2, -0.15) is 0 Å². The maximum Gasteiger partial charge on any atom is 0.0641 e. The molecule has 13 heavy (non-hydrogen) atoms. The van der Waals surface area contributed by atoms with E-state index >= 15 is 0 Å². The molecule has 72 valence electrons. The first-order valence-electron chi connectivity index (χ1n) is 4.49. The van der Waals surface area contributed by atoms with Gasteiger partial charge in [0.1, 0.15) is 0 Å². The van der Waals surface area contributed by atoms with Crippen molar-refractivity contribution in [2.75, 3.05) is 23.7 Å². The molecule has 0 heterocycles. The third-order valence-electron chi connectivity index (χ3n) is 2.07. The van der Waals surface area contributed by atoms with Crippen LogP contribution < -0.4 is 10.6 Å². The predicted molar refractivity (Wildman–Crippen MR) is 59.4 cm³/mol. The Hall–Kier alpha value is -0.890. The Morgan fingerprint density at radius 3 is 2.46 bits per heavy atom. The minimum absolute atomic E-state index is 0.756. The minimum atomic E-state index is 0.756. The molecule has 0 aliphatic heterocycles. The minimum Gasteiger partial charge on any atom is -0.399 e. The van der Waals surface area contributed by atoms with E-state index in [1.165, 1.54) is 0 Å². The van der Waals surface area contributed by atoms with E-state index in [-0.39, 0.29) is 0 Å². The lowest BCUT2D eigenvalue weighted by Crippen LogP contribution is -2.22. The predicted octanol–water partition coefficient (Wildman–Crippen LogP) is 2.77. The highest BCUT2D eigenvalue weighted by atomic mass is 35.5. The van der Waals surface area contributed by atoms with Crippen LogP contribution in [0.4, 0.5) is 11.4 Å². The summed E-state index contributed by atoms with van der Waals surface area (Å²) in [5.41, 5.74) is 7.47. The molecule has 0 radical (unpaired) electrons. The highest BCUT2D eigenvalue weighted by Crippen LogP contribution is 2.27. The zero-order valence-corrected chi connectivity index (χ0v) is 8.80. The highest BCUT2D eigenvalue weighted by molar-refractivity contribution is 6.33. The van der Waals surface area contributed by atoms with E-state index < -0.39 is 0 Å². The maximum atomic E-state index is 6.05. The number of nitrogens with zero attached hydrogens (tertiary/aromatic N) is 1. The summed E-state index contributed by atoms with van der Waals surface area (Å²) in [4.78, 5) is 2.18. The lowest BCUT2D eigenvalue weighted by molar-refractivity contribution is 0.867. The van der Waals surface area contributed by atoms with Gasteiger partial charge in [0.05, 0.1) is 10.7 Å². The lowest BCUT2D eigenvalue weighted by Gasteiger charge is -2.22. The van der Waals surface area contributed by atoms with E-state index in [1.54, 1.807) is 0 Å². The van der Waals surface area contributed by atoms with Crippen LogP contribution in [-0.2, 0) is 0 Å². The van der Waals surface area contributed by atoms with E-state index in [9.17, 15) is 0 Å².